The molecular weight excluding hydrogens is 322 g/mol. The van der Waals surface area contributed by atoms with Gasteiger partial charge in [0.15, 0.2) is 0 Å². The maximum atomic E-state index is 5.16. The Labute approximate surface area is 153 Å². The van der Waals surface area contributed by atoms with E-state index in [0.29, 0.717) is 0 Å². The standard InChI is InChI=1S/C23H21NS/c1-3-7-17(8-4-1)22(18-9-5-2-6-10-18)24-21-13-14-25-23(21)20-15-19(20)16-11-12-16/h1-10,13-14,16,19-20H,11-12,15H2. The summed E-state index contributed by atoms with van der Waals surface area (Å²) in [4.78, 5) is 6.66. The molecule has 5 rings (SSSR count). The second kappa shape index (κ2) is 6.27. The Morgan fingerprint density at radius 2 is 1.48 bits per heavy atom. The molecule has 0 N–H and O–H groups in total. The van der Waals surface area contributed by atoms with E-state index in [1.165, 1.54) is 41.0 Å². The molecule has 2 aliphatic carbocycles. The largest absolute Gasteiger partial charge is 0.247 e. The highest BCUT2D eigenvalue weighted by Crippen LogP contribution is 2.61. The third-order valence-electron chi connectivity index (χ3n) is 5.40. The first-order valence-corrected chi connectivity index (χ1v) is 10.0. The van der Waals surface area contributed by atoms with E-state index in [1.807, 2.05) is 11.3 Å². The molecule has 2 heteroatoms. The van der Waals surface area contributed by atoms with Gasteiger partial charge in [-0.2, -0.15) is 0 Å². The minimum absolute atomic E-state index is 0.763. The fourth-order valence-corrected chi connectivity index (χ4v) is 4.88. The number of benzene rings is 2. The molecule has 1 nitrogen and oxygen atoms in total. The molecule has 0 saturated heterocycles. The van der Waals surface area contributed by atoms with Crippen LogP contribution in [0.15, 0.2) is 77.1 Å². The first kappa shape index (κ1) is 15.1. The molecule has 124 valence electrons. The molecule has 3 aromatic rings. The van der Waals surface area contributed by atoms with Crippen molar-refractivity contribution in [2.45, 2.75) is 25.2 Å². The fraction of sp³-hybridized carbons (Fsp3) is 0.261. The molecular formula is C23H21NS. The van der Waals surface area contributed by atoms with Crippen LogP contribution < -0.4 is 0 Å². The zero-order valence-corrected chi connectivity index (χ0v) is 15.0. The number of aliphatic imine (C=N–C) groups is 1. The highest BCUT2D eigenvalue weighted by atomic mass is 32.1. The van der Waals surface area contributed by atoms with Crippen molar-refractivity contribution in [3.8, 4) is 0 Å². The lowest BCUT2D eigenvalue weighted by Crippen LogP contribution is -2.02. The monoisotopic (exact) mass is 343 g/mol. The van der Waals surface area contributed by atoms with E-state index in [4.69, 9.17) is 4.99 Å². The summed E-state index contributed by atoms with van der Waals surface area (Å²) in [6.45, 7) is 0. The van der Waals surface area contributed by atoms with Gasteiger partial charge in [-0.25, -0.2) is 4.99 Å². The second-order valence-corrected chi connectivity index (χ2v) is 8.15. The van der Waals surface area contributed by atoms with Crippen LogP contribution in [0.4, 0.5) is 5.69 Å². The second-order valence-electron chi connectivity index (χ2n) is 7.21. The normalized spacial score (nSPS) is 21.8. The SMILES string of the molecule is c1ccc(C(=Nc2ccsc2C2CC2C2CC2)c2ccccc2)cc1. The van der Waals surface area contributed by atoms with Crippen molar-refractivity contribution in [2.75, 3.05) is 0 Å². The van der Waals surface area contributed by atoms with Crippen molar-refractivity contribution in [3.63, 3.8) is 0 Å². The molecule has 2 atom stereocenters. The predicted octanol–water partition coefficient (Wildman–Crippen LogP) is 6.43. The average Bonchev–Trinajstić information content (AvgIpc) is 3.58. The van der Waals surface area contributed by atoms with Gasteiger partial charge in [-0.1, -0.05) is 60.7 Å². The van der Waals surface area contributed by atoms with Crippen LogP contribution in [0.5, 0.6) is 0 Å². The first-order valence-electron chi connectivity index (χ1n) is 9.17. The molecule has 1 aromatic heterocycles. The highest BCUT2D eigenvalue weighted by molar-refractivity contribution is 7.10. The number of thiophene rings is 1. The maximum absolute atomic E-state index is 5.16. The smallest absolute Gasteiger partial charge is 0.0782 e. The summed E-state index contributed by atoms with van der Waals surface area (Å²) >= 11 is 1.89. The van der Waals surface area contributed by atoms with Crippen molar-refractivity contribution in [2.24, 2.45) is 16.8 Å². The van der Waals surface area contributed by atoms with Crippen molar-refractivity contribution in [3.05, 3.63) is 88.1 Å². The Bertz CT molecular complexity index is 849. The van der Waals surface area contributed by atoms with Gasteiger partial charge in [-0.05, 0) is 48.5 Å². The molecule has 0 radical (unpaired) electrons. The predicted molar refractivity (Wildman–Crippen MR) is 106 cm³/mol. The lowest BCUT2D eigenvalue weighted by Gasteiger charge is -2.08. The number of hydrogen-bond donors (Lipinski definition) is 0. The number of rotatable bonds is 5. The zero-order chi connectivity index (χ0) is 16.6. The van der Waals surface area contributed by atoms with Crippen LogP contribution in [0, 0.1) is 11.8 Å². The molecule has 2 aromatic carbocycles. The molecule has 2 fully saturated rings. The van der Waals surface area contributed by atoms with Crippen LogP contribution in [0.2, 0.25) is 0 Å². The van der Waals surface area contributed by atoms with Crippen LogP contribution in [-0.2, 0) is 0 Å². The van der Waals surface area contributed by atoms with E-state index in [2.05, 4.69) is 72.1 Å². The molecule has 0 bridgehead atoms. The molecule has 25 heavy (non-hydrogen) atoms. The van der Waals surface area contributed by atoms with E-state index < -0.39 is 0 Å². The highest BCUT2D eigenvalue weighted by Gasteiger charge is 2.49. The van der Waals surface area contributed by atoms with Crippen molar-refractivity contribution in [1.82, 2.24) is 0 Å². The molecule has 0 aliphatic heterocycles. The van der Waals surface area contributed by atoms with Gasteiger partial charge in [-0.15, -0.1) is 11.3 Å². The summed E-state index contributed by atoms with van der Waals surface area (Å²) in [5.74, 6) is 2.70. The van der Waals surface area contributed by atoms with Gasteiger partial charge in [0.2, 0.25) is 0 Å². The lowest BCUT2D eigenvalue weighted by molar-refractivity contribution is 0.693. The lowest BCUT2D eigenvalue weighted by atomic mass is 10.0. The van der Waals surface area contributed by atoms with Gasteiger partial charge in [0.1, 0.15) is 0 Å². The minimum Gasteiger partial charge on any atom is -0.247 e. The van der Waals surface area contributed by atoms with Gasteiger partial charge >= 0.3 is 0 Å². The minimum atomic E-state index is 0.763. The van der Waals surface area contributed by atoms with E-state index in [-0.39, 0.29) is 0 Å². The Morgan fingerprint density at radius 3 is 2.08 bits per heavy atom. The van der Waals surface area contributed by atoms with E-state index in [1.54, 1.807) is 0 Å². The van der Waals surface area contributed by atoms with E-state index in [9.17, 15) is 0 Å². The molecule has 0 amide bonds. The Morgan fingerprint density at radius 1 is 0.840 bits per heavy atom. The van der Waals surface area contributed by atoms with Gasteiger partial charge < -0.3 is 0 Å². The Kier molecular flexibility index (Phi) is 3.79. The summed E-state index contributed by atoms with van der Waals surface area (Å²) in [7, 11) is 0. The summed E-state index contributed by atoms with van der Waals surface area (Å²) in [6.07, 6.45) is 4.27. The van der Waals surface area contributed by atoms with E-state index in [0.717, 1.165) is 23.5 Å². The molecule has 2 unspecified atom stereocenters. The third kappa shape index (κ3) is 3.07. The quantitative estimate of drug-likeness (QED) is 0.473. The first-order chi connectivity index (χ1) is 12.4. The number of nitrogens with zero attached hydrogens (tertiary/aromatic N) is 1. The zero-order valence-electron chi connectivity index (χ0n) is 14.1. The van der Waals surface area contributed by atoms with Crippen LogP contribution in [0.1, 0.15) is 41.2 Å². The van der Waals surface area contributed by atoms with Crippen molar-refractivity contribution < 1.29 is 0 Å². The molecule has 1 heterocycles. The van der Waals surface area contributed by atoms with Gasteiger partial charge in [0.05, 0.1) is 11.4 Å². The maximum Gasteiger partial charge on any atom is 0.0782 e. The Balaban J connectivity index is 1.55. The topological polar surface area (TPSA) is 12.4 Å². The van der Waals surface area contributed by atoms with Crippen molar-refractivity contribution in [1.29, 1.82) is 0 Å². The summed E-state index contributed by atoms with van der Waals surface area (Å²) in [5, 5.41) is 2.21. The summed E-state index contributed by atoms with van der Waals surface area (Å²) < 4.78 is 0. The van der Waals surface area contributed by atoms with Crippen LogP contribution in [0.25, 0.3) is 0 Å². The van der Waals surface area contributed by atoms with Gasteiger partial charge in [-0.3, -0.25) is 0 Å². The average molecular weight is 343 g/mol. The third-order valence-corrected chi connectivity index (χ3v) is 6.44. The van der Waals surface area contributed by atoms with Crippen LogP contribution in [-0.4, -0.2) is 5.71 Å². The summed E-state index contributed by atoms with van der Waals surface area (Å²) in [5.41, 5.74) is 4.62. The van der Waals surface area contributed by atoms with Gasteiger partial charge in [0, 0.05) is 16.0 Å². The van der Waals surface area contributed by atoms with Crippen LogP contribution >= 0.6 is 11.3 Å². The van der Waals surface area contributed by atoms with Crippen molar-refractivity contribution >= 4 is 22.7 Å². The molecule has 2 saturated carbocycles. The Hall–Kier alpha value is -2.19. The fourth-order valence-electron chi connectivity index (χ4n) is 3.85. The van der Waals surface area contributed by atoms with E-state index >= 15 is 0 Å². The molecule has 2 aliphatic rings. The van der Waals surface area contributed by atoms with Crippen LogP contribution in [0.3, 0.4) is 0 Å². The van der Waals surface area contributed by atoms with Gasteiger partial charge in [0.25, 0.3) is 0 Å². The molecule has 0 spiro atoms. The summed E-state index contributed by atoms with van der Waals surface area (Å²) in [6, 6.07) is 23.3. The number of hydrogen-bond acceptors (Lipinski definition) is 2.